The molecule has 1 rings (SSSR count). The summed E-state index contributed by atoms with van der Waals surface area (Å²) < 4.78 is 0. The van der Waals surface area contributed by atoms with Crippen LogP contribution in [0.2, 0.25) is 0 Å². The van der Waals surface area contributed by atoms with Gasteiger partial charge in [0.25, 0.3) is 0 Å². The molecule has 0 fully saturated rings. The van der Waals surface area contributed by atoms with E-state index in [-0.39, 0.29) is 0 Å². The number of nitrogens with one attached hydrogen (secondary N) is 1. The van der Waals surface area contributed by atoms with Crippen molar-refractivity contribution in [2.24, 2.45) is 0 Å². The molecule has 96 valence electrons. The molecular weight excluding hydrogens is 232 g/mol. The largest absolute Gasteiger partial charge is 0.383 e. The molecule has 0 spiro atoms. The first-order valence-corrected chi connectivity index (χ1v) is 7.26. The van der Waals surface area contributed by atoms with Gasteiger partial charge in [-0.15, -0.1) is 0 Å². The van der Waals surface area contributed by atoms with Gasteiger partial charge in [0.15, 0.2) is 0 Å². The Kier molecular flexibility index (Phi) is 5.55. The Bertz CT molecular complexity index is 368. The van der Waals surface area contributed by atoms with Gasteiger partial charge in [-0.3, -0.25) is 0 Å². The highest BCUT2D eigenvalue weighted by atomic mass is 32.2. The van der Waals surface area contributed by atoms with Crippen LogP contribution in [0.5, 0.6) is 0 Å². The van der Waals surface area contributed by atoms with Crippen molar-refractivity contribution in [3.8, 4) is 0 Å². The zero-order valence-corrected chi connectivity index (χ0v) is 11.9. The lowest BCUT2D eigenvalue weighted by atomic mass is 10.2. The van der Waals surface area contributed by atoms with E-state index in [2.05, 4.69) is 35.4 Å². The number of nitrogens with two attached hydrogens (primary N) is 1. The molecule has 0 saturated heterocycles. The van der Waals surface area contributed by atoms with Crippen molar-refractivity contribution in [2.45, 2.75) is 38.9 Å². The van der Waals surface area contributed by atoms with Gasteiger partial charge in [0.05, 0.1) is 0 Å². The number of hydrogen-bond donors (Lipinski definition) is 2. The summed E-state index contributed by atoms with van der Waals surface area (Å²) in [6.07, 6.45) is 4.01. The van der Waals surface area contributed by atoms with E-state index < -0.39 is 0 Å². The van der Waals surface area contributed by atoms with Crippen molar-refractivity contribution in [2.75, 3.05) is 23.9 Å². The molecule has 1 aromatic heterocycles. The van der Waals surface area contributed by atoms with Crippen molar-refractivity contribution >= 4 is 23.4 Å². The van der Waals surface area contributed by atoms with Crippen LogP contribution in [-0.4, -0.2) is 28.0 Å². The van der Waals surface area contributed by atoms with Crippen molar-refractivity contribution < 1.29 is 0 Å². The predicted molar refractivity (Wildman–Crippen MR) is 76.6 cm³/mol. The molecule has 1 aromatic rings. The van der Waals surface area contributed by atoms with Crippen LogP contribution in [0.4, 0.5) is 11.6 Å². The molecule has 1 heterocycles. The van der Waals surface area contributed by atoms with Crippen LogP contribution in [-0.2, 0) is 6.42 Å². The van der Waals surface area contributed by atoms with Gasteiger partial charge >= 0.3 is 0 Å². The number of rotatable bonds is 6. The third-order valence-corrected chi connectivity index (χ3v) is 3.63. The Hall–Kier alpha value is -0.970. The first-order chi connectivity index (χ1) is 8.08. The van der Waals surface area contributed by atoms with Crippen LogP contribution in [0, 0.1) is 6.92 Å². The highest BCUT2D eigenvalue weighted by Crippen LogP contribution is 2.18. The average molecular weight is 254 g/mol. The quantitative estimate of drug-likeness (QED) is 0.816. The first kappa shape index (κ1) is 14.1. The molecule has 0 aromatic carbocycles. The molecule has 0 aliphatic heterocycles. The maximum Gasteiger partial charge on any atom is 0.134 e. The SMILES string of the molecule is CCCc1nc(N)c(C)c(NCC(C)SC)n1. The van der Waals surface area contributed by atoms with Gasteiger partial charge in [0, 0.05) is 23.8 Å². The average Bonchev–Trinajstić information content (AvgIpc) is 2.31. The third-order valence-electron chi connectivity index (χ3n) is 2.66. The number of nitrogen functional groups attached to an aromatic ring is 1. The molecule has 0 radical (unpaired) electrons. The predicted octanol–water partition coefficient (Wildman–Crippen LogP) is 2.48. The number of aryl methyl sites for hydroxylation is 1. The van der Waals surface area contributed by atoms with E-state index in [1.54, 1.807) is 0 Å². The number of aromatic nitrogens is 2. The molecule has 17 heavy (non-hydrogen) atoms. The fourth-order valence-electron chi connectivity index (χ4n) is 1.41. The van der Waals surface area contributed by atoms with Gasteiger partial charge in [-0.25, -0.2) is 9.97 Å². The summed E-state index contributed by atoms with van der Waals surface area (Å²) in [5.41, 5.74) is 6.84. The van der Waals surface area contributed by atoms with Crippen molar-refractivity contribution in [1.82, 2.24) is 9.97 Å². The molecule has 0 amide bonds. The van der Waals surface area contributed by atoms with Gasteiger partial charge in [0.2, 0.25) is 0 Å². The summed E-state index contributed by atoms with van der Waals surface area (Å²) in [6.45, 7) is 7.15. The Morgan fingerprint density at radius 2 is 2.12 bits per heavy atom. The standard InChI is InChI=1S/C12H22N4S/c1-5-6-10-15-11(13)9(3)12(16-10)14-7-8(2)17-4/h8H,5-7H2,1-4H3,(H3,13,14,15,16). The Balaban J connectivity index is 2.82. The molecule has 4 nitrogen and oxygen atoms in total. The number of hydrogen-bond acceptors (Lipinski definition) is 5. The molecule has 0 aliphatic carbocycles. The molecule has 0 bridgehead atoms. The van der Waals surface area contributed by atoms with Crippen LogP contribution in [0.3, 0.4) is 0 Å². The van der Waals surface area contributed by atoms with E-state index in [9.17, 15) is 0 Å². The molecule has 1 atom stereocenters. The van der Waals surface area contributed by atoms with E-state index in [0.29, 0.717) is 11.1 Å². The van der Waals surface area contributed by atoms with Crippen LogP contribution in [0.1, 0.15) is 31.7 Å². The summed E-state index contributed by atoms with van der Waals surface area (Å²) in [5.74, 6) is 2.29. The van der Waals surface area contributed by atoms with E-state index >= 15 is 0 Å². The van der Waals surface area contributed by atoms with Crippen molar-refractivity contribution in [1.29, 1.82) is 0 Å². The number of nitrogens with zero attached hydrogens (tertiary/aromatic N) is 2. The van der Waals surface area contributed by atoms with Crippen LogP contribution in [0.25, 0.3) is 0 Å². The van der Waals surface area contributed by atoms with Crippen molar-refractivity contribution in [3.05, 3.63) is 11.4 Å². The first-order valence-electron chi connectivity index (χ1n) is 5.98. The minimum absolute atomic E-state index is 0.556. The molecule has 0 aliphatic rings. The van der Waals surface area contributed by atoms with Crippen LogP contribution < -0.4 is 11.1 Å². The fraction of sp³-hybridized carbons (Fsp3) is 0.667. The second kappa shape index (κ2) is 6.69. The minimum Gasteiger partial charge on any atom is -0.383 e. The smallest absolute Gasteiger partial charge is 0.134 e. The lowest BCUT2D eigenvalue weighted by molar-refractivity contribution is 0.832. The highest BCUT2D eigenvalue weighted by Gasteiger charge is 2.09. The maximum atomic E-state index is 5.89. The molecular formula is C12H22N4S. The third kappa shape index (κ3) is 4.07. The summed E-state index contributed by atoms with van der Waals surface area (Å²) in [6, 6.07) is 0. The second-order valence-corrected chi connectivity index (χ2v) is 5.45. The van der Waals surface area contributed by atoms with E-state index in [1.165, 1.54) is 0 Å². The van der Waals surface area contributed by atoms with Gasteiger partial charge in [0.1, 0.15) is 17.5 Å². The summed E-state index contributed by atoms with van der Waals surface area (Å²) in [4.78, 5) is 8.81. The topological polar surface area (TPSA) is 63.8 Å². The Morgan fingerprint density at radius 3 is 2.71 bits per heavy atom. The lowest BCUT2D eigenvalue weighted by Gasteiger charge is -2.14. The molecule has 5 heteroatoms. The van der Waals surface area contributed by atoms with Gasteiger partial charge in [-0.05, 0) is 19.6 Å². The van der Waals surface area contributed by atoms with Gasteiger partial charge in [-0.2, -0.15) is 11.8 Å². The van der Waals surface area contributed by atoms with E-state index in [1.807, 2.05) is 18.7 Å². The normalized spacial score (nSPS) is 12.5. The fourth-order valence-corrected chi connectivity index (χ4v) is 1.66. The lowest BCUT2D eigenvalue weighted by Crippen LogP contribution is -2.16. The van der Waals surface area contributed by atoms with E-state index in [4.69, 9.17) is 5.73 Å². The molecule has 3 N–H and O–H groups in total. The Labute approximate surface area is 108 Å². The summed E-state index contributed by atoms with van der Waals surface area (Å²) in [5, 5.41) is 3.91. The van der Waals surface area contributed by atoms with Crippen molar-refractivity contribution in [3.63, 3.8) is 0 Å². The molecule has 1 unspecified atom stereocenters. The zero-order valence-electron chi connectivity index (χ0n) is 11.1. The van der Waals surface area contributed by atoms with E-state index in [0.717, 1.165) is 36.6 Å². The zero-order chi connectivity index (χ0) is 12.8. The van der Waals surface area contributed by atoms with Crippen LogP contribution >= 0.6 is 11.8 Å². The van der Waals surface area contributed by atoms with Gasteiger partial charge in [-0.1, -0.05) is 13.8 Å². The Morgan fingerprint density at radius 1 is 1.41 bits per heavy atom. The monoisotopic (exact) mass is 254 g/mol. The maximum absolute atomic E-state index is 5.89. The van der Waals surface area contributed by atoms with Crippen LogP contribution in [0.15, 0.2) is 0 Å². The highest BCUT2D eigenvalue weighted by molar-refractivity contribution is 7.99. The summed E-state index contributed by atoms with van der Waals surface area (Å²) in [7, 11) is 0. The second-order valence-electron chi connectivity index (χ2n) is 4.18. The summed E-state index contributed by atoms with van der Waals surface area (Å²) >= 11 is 1.83. The number of anilines is 2. The van der Waals surface area contributed by atoms with Gasteiger partial charge < -0.3 is 11.1 Å². The minimum atomic E-state index is 0.556. The molecule has 0 saturated carbocycles. The number of thioether (sulfide) groups is 1.